The van der Waals surface area contributed by atoms with E-state index in [-0.39, 0.29) is 42.3 Å². The molecule has 3 atom stereocenters. The maximum absolute atomic E-state index is 13.5. The number of aliphatic hydroxyl groups is 1. The van der Waals surface area contributed by atoms with E-state index in [1.807, 2.05) is 0 Å². The third-order valence-electron chi connectivity index (χ3n) is 7.00. The minimum atomic E-state index is -4.51. The molecular weight excluding hydrogens is 554 g/mol. The number of fused-ring (bicyclic) bond motifs is 1. The van der Waals surface area contributed by atoms with Gasteiger partial charge in [0.2, 0.25) is 0 Å². The molecule has 8 nitrogen and oxygen atoms in total. The van der Waals surface area contributed by atoms with Gasteiger partial charge in [-0.1, -0.05) is 19.1 Å². The summed E-state index contributed by atoms with van der Waals surface area (Å²) in [6, 6.07) is 9.49. The molecule has 1 aromatic heterocycles. The lowest BCUT2D eigenvalue weighted by molar-refractivity contribution is -0.195. The second-order valence-electron chi connectivity index (χ2n) is 9.52. The van der Waals surface area contributed by atoms with E-state index in [1.165, 1.54) is 37.3 Å². The average molecular weight is 586 g/mol. The van der Waals surface area contributed by atoms with Crippen LogP contribution in [0.1, 0.15) is 34.6 Å². The number of aliphatic hydroxyl groups excluding tert-OH is 1. The van der Waals surface area contributed by atoms with Crippen LogP contribution in [0.25, 0.3) is 10.9 Å². The van der Waals surface area contributed by atoms with Crippen LogP contribution < -0.4 is 10.6 Å². The molecular formula is C27H31F4N3O5S. The van der Waals surface area contributed by atoms with Crippen LogP contribution in [-0.2, 0) is 27.5 Å². The number of aryl methyl sites for hydroxylation is 1. The van der Waals surface area contributed by atoms with Gasteiger partial charge in [-0.15, -0.1) is 0 Å². The number of nitrogens with one attached hydrogen (secondary N) is 2. The van der Waals surface area contributed by atoms with Gasteiger partial charge >= 0.3 is 6.18 Å². The van der Waals surface area contributed by atoms with E-state index in [9.17, 15) is 35.9 Å². The summed E-state index contributed by atoms with van der Waals surface area (Å²) in [7, 11) is -3.40. The fourth-order valence-corrected chi connectivity index (χ4v) is 5.78. The molecule has 0 spiro atoms. The van der Waals surface area contributed by atoms with Gasteiger partial charge in [0.25, 0.3) is 5.91 Å². The molecule has 2 heterocycles. The number of halogens is 4. The van der Waals surface area contributed by atoms with Gasteiger partial charge in [0.1, 0.15) is 12.7 Å². The Morgan fingerprint density at radius 1 is 1.20 bits per heavy atom. The molecule has 1 aliphatic rings. The van der Waals surface area contributed by atoms with Crippen molar-refractivity contribution in [1.82, 2.24) is 15.2 Å². The van der Waals surface area contributed by atoms with Crippen LogP contribution in [-0.4, -0.2) is 74.5 Å². The molecule has 218 valence electrons. The number of benzene rings is 2. The molecule has 13 heteroatoms. The number of rotatable bonds is 10. The fourth-order valence-electron chi connectivity index (χ4n) is 4.90. The zero-order valence-electron chi connectivity index (χ0n) is 21.7. The number of carbonyl (C=O) groups excluding carboxylic acids is 1. The Balaban J connectivity index is 1.57. The van der Waals surface area contributed by atoms with E-state index in [1.54, 1.807) is 22.8 Å². The number of alkyl halides is 4. The number of ether oxygens (including phenoxy) is 1. The normalized spacial score (nSPS) is 19.1. The summed E-state index contributed by atoms with van der Waals surface area (Å²) in [4.78, 5) is 13.2. The van der Waals surface area contributed by atoms with E-state index in [2.05, 4.69) is 10.6 Å². The highest BCUT2D eigenvalue weighted by Crippen LogP contribution is 2.30. The molecule has 0 saturated carbocycles. The number of carbonyl (C=O) groups is 1. The van der Waals surface area contributed by atoms with Crippen LogP contribution >= 0.6 is 0 Å². The Labute approximate surface area is 229 Å². The van der Waals surface area contributed by atoms with Crippen molar-refractivity contribution in [2.45, 2.75) is 49.1 Å². The molecule has 3 aromatic rings. The van der Waals surface area contributed by atoms with Crippen molar-refractivity contribution < 1.29 is 40.6 Å². The minimum absolute atomic E-state index is 0.0583. The summed E-state index contributed by atoms with van der Waals surface area (Å²) >= 11 is 0. The van der Waals surface area contributed by atoms with Gasteiger partial charge in [-0.3, -0.25) is 4.79 Å². The van der Waals surface area contributed by atoms with Crippen LogP contribution in [0, 0.1) is 0 Å². The van der Waals surface area contributed by atoms with E-state index in [0.717, 1.165) is 0 Å². The summed E-state index contributed by atoms with van der Waals surface area (Å²) in [5, 5.41) is 15.6. The second kappa shape index (κ2) is 12.2. The average Bonchev–Trinajstić information content (AvgIpc) is 3.27. The van der Waals surface area contributed by atoms with Crippen LogP contribution in [0.15, 0.2) is 53.4 Å². The second-order valence-corrected chi connectivity index (χ2v) is 11.8. The van der Waals surface area contributed by atoms with E-state index >= 15 is 0 Å². The SMILES string of the molecule is CCS(=O)(=O)c1ccc(C(CO)NC(=O)c2ccc3c(c2)cc(CC2OCCNC2C(F)(F)F)n3CCF)cc1. The van der Waals surface area contributed by atoms with Crippen molar-refractivity contribution in [1.29, 1.82) is 0 Å². The Morgan fingerprint density at radius 2 is 1.93 bits per heavy atom. The first-order valence-electron chi connectivity index (χ1n) is 12.8. The van der Waals surface area contributed by atoms with Gasteiger partial charge in [-0.25, -0.2) is 12.8 Å². The van der Waals surface area contributed by atoms with Crippen molar-refractivity contribution in [3.8, 4) is 0 Å². The van der Waals surface area contributed by atoms with Crippen LogP contribution in [0.2, 0.25) is 0 Å². The number of hydrogen-bond donors (Lipinski definition) is 3. The molecule has 40 heavy (non-hydrogen) atoms. The molecule has 2 aromatic carbocycles. The van der Waals surface area contributed by atoms with Gasteiger partial charge in [-0.05, 0) is 42.0 Å². The predicted molar refractivity (Wildman–Crippen MR) is 141 cm³/mol. The lowest BCUT2D eigenvalue weighted by atomic mass is 10.0. The predicted octanol–water partition coefficient (Wildman–Crippen LogP) is 3.33. The molecule has 3 N–H and O–H groups in total. The smallest absolute Gasteiger partial charge is 0.394 e. The lowest BCUT2D eigenvalue weighted by Gasteiger charge is -2.34. The summed E-state index contributed by atoms with van der Waals surface area (Å²) in [6.45, 7) is 0.476. The summed E-state index contributed by atoms with van der Waals surface area (Å²) in [6.07, 6.45) is -5.81. The molecule has 0 radical (unpaired) electrons. The van der Waals surface area contributed by atoms with Crippen molar-refractivity contribution >= 4 is 26.6 Å². The van der Waals surface area contributed by atoms with Crippen molar-refractivity contribution in [3.63, 3.8) is 0 Å². The maximum atomic E-state index is 13.5. The summed E-state index contributed by atoms with van der Waals surface area (Å²) in [5.74, 6) is -0.583. The Kier molecular flexibility index (Phi) is 9.18. The molecule has 1 saturated heterocycles. The third kappa shape index (κ3) is 6.48. The van der Waals surface area contributed by atoms with E-state index in [0.29, 0.717) is 22.2 Å². The number of aromatic nitrogens is 1. The molecule has 1 fully saturated rings. The van der Waals surface area contributed by atoms with Gasteiger partial charge in [0.15, 0.2) is 9.84 Å². The minimum Gasteiger partial charge on any atom is -0.394 e. The first-order valence-corrected chi connectivity index (χ1v) is 14.5. The molecule has 1 aliphatic heterocycles. The number of morpholine rings is 1. The quantitative estimate of drug-likeness (QED) is 0.315. The molecule has 0 bridgehead atoms. The molecule has 1 amide bonds. The fraction of sp³-hybridized carbons (Fsp3) is 0.444. The van der Waals surface area contributed by atoms with E-state index in [4.69, 9.17) is 4.74 Å². The van der Waals surface area contributed by atoms with E-state index < -0.39 is 53.4 Å². The number of nitrogens with zero attached hydrogens (tertiary/aromatic N) is 1. The van der Waals surface area contributed by atoms with Crippen molar-refractivity contribution in [3.05, 3.63) is 65.4 Å². The summed E-state index contributed by atoms with van der Waals surface area (Å²) < 4.78 is 85.1. The zero-order valence-corrected chi connectivity index (χ0v) is 22.6. The summed E-state index contributed by atoms with van der Waals surface area (Å²) in [5.41, 5.74) is 1.74. The molecule has 0 aliphatic carbocycles. The maximum Gasteiger partial charge on any atom is 0.406 e. The monoisotopic (exact) mass is 585 g/mol. The Hall–Kier alpha value is -3.00. The van der Waals surface area contributed by atoms with Crippen LogP contribution in [0.5, 0.6) is 0 Å². The first kappa shape index (κ1) is 30.0. The lowest BCUT2D eigenvalue weighted by Crippen LogP contribution is -2.57. The highest BCUT2D eigenvalue weighted by Gasteiger charge is 2.46. The Morgan fingerprint density at radius 3 is 2.55 bits per heavy atom. The van der Waals surface area contributed by atoms with Gasteiger partial charge in [-0.2, -0.15) is 13.2 Å². The first-order chi connectivity index (χ1) is 19.0. The van der Waals surface area contributed by atoms with Gasteiger partial charge in [0.05, 0.1) is 42.6 Å². The number of amides is 1. The molecule has 3 unspecified atom stereocenters. The van der Waals surface area contributed by atoms with Crippen molar-refractivity contribution in [2.75, 3.05) is 32.2 Å². The third-order valence-corrected chi connectivity index (χ3v) is 8.75. The van der Waals surface area contributed by atoms with Gasteiger partial charge in [0, 0.05) is 35.1 Å². The number of hydrogen-bond acceptors (Lipinski definition) is 6. The van der Waals surface area contributed by atoms with Gasteiger partial charge < -0.3 is 25.0 Å². The topological polar surface area (TPSA) is 110 Å². The van der Waals surface area contributed by atoms with Crippen molar-refractivity contribution in [2.24, 2.45) is 0 Å². The van der Waals surface area contributed by atoms with Crippen LogP contribution in [0.3, 0.4) is 0 Å². The standard InChI is InChI=1S/C27H31F4N3O5S/c1-2-40(37,38)21-6-3-17(4-7-21)22(16-35)33-26(36)18-5-8-23-19(13-18)14-20(34(23)11-9-28)15-24-25(27(29,30)31)32-10-12-39-24/h3-8,13-14,22,24-25,32,35H,2,9-12,15-16H2,1H3,(H,33,36). The highest BCUT2D eigenvalue weighted by atomic mass is 32.2. The molecule has 4 rings (SSSR count). The number of sulfone groups is 1. The largest absolute Gasteiger partial charge is 0.406 e. The zero-order chi connectivity index (χ0) is 29.1. The Bertz CT molecular complexity index is 1440. The highest BCUT2D eigenvalue weighted by molar-refractivity contribution is 7.91. The van der Waals surface area contributed by atoms with Crippen LogP contribution in [0.4, 0.5) is 17.6 Å².